The molecule has 3 fully saturated rings. The zero-order valence-corrected chi connectivity index (χ0v) is 20.4. The second-order valence-corrected chi connectivity index (χ2v) is 9.74. The third-order valence-corrected chi connectivity index (χ3v) is 5.96. The Morgan fingerprint density at radius 1 is 0.912 bits per heavy atom. The van der Waals surface area contributed by atoms with Gasteiger partial charge in [-0.05, 0) is 39.8 Å². The number of carbonyl (C=O) groups excluding carboxylic acids is 2. The van der Waals surface area contributed by atoms with Crippen molar-refractivity contribution < 1.29 is 52.2 Å². The Morgan fingerprint density at radius 2 is 1.68 bits per heavy atom. The zero-order chi connectivity index (χ0) is 24.7. The summed E-state index contributed by atoms with van der Waals surface area (Å²) in [6, 6.07) is 0. The molecule has 0 aromatic rings. The Hall–Kier alpha value is -1.60. The van der Waals surface area contributed by atoms with Crippen molar-refractivity contribution in [1.29, 1.82) is 0 Å². The van der Waals surface area contributed by atoms with Crippen molar-refractivity contribution in [3.05, 3.63) is 12.2 Å². The lowest BCUT2D eigenvalue weighted by atomic mass is 9.95. The summed E-state index contributed by atoms with van der Waals surface area (Å²) in [7, 11) is 0. The molecule has 192 valence electrons. The van der Waals surface area contributed by atoms with Crippen LogP contribution in [0.1, 0.15) is 41.5 Å². The number of hydrogen-bond donors (Lipinski definition) is 0. The summed E-state index contributed by atoms with van der Waals surface area (Å²) in [6.07, 6.45) is -0.397. The molecule has 4 aliphatic heterocycles. The van der Waals surface area contributed by atoms with E-state index in [1.165, 1.54) is 13.8 Å². The smallest absolute Gasteiger partial charge is 0.303 e. The molecular weight excluding hydrogens is 452 g/mol. The van der Waals surface area contributed by atoms with Crippen LogP contribution in [0.4, 0.5) is 0 Å². The molecule has 0 radical (unpaired) electrons. The van der Waals surface area contributed by atoms with E-state index in [2.05, 4.69) is 0 Å². The number of fused-ring (bicyclic) bond motifs is 1. The fraction of sp³-hybridized carbons (Fsp3) is 0.826. The molecule has 0 aromatic heterocycles. The maximum atomic E-state index is 11.4. The van der Waals surface area contributed by atoms with Gasteiger partial charge in [-0.1, -0.05) is 0 Å². The lowest BCUT2D eigenvalue weighted by Crippen LogP contribution is -2.44. The van der Waals surface area contributed by atoms with Gasteiger partial charge in [0.1, 0.15) is 31.0 Å². The molecule has 0 unspecified atom stereocenters. The summed E-state index contributed by atoms with van der Waals surface area (Å²) < 4.78 is 52.3. The molecule has 4 heterocycles. The highest BCUT2D eigenvalue weighted by molar-refractivity contribution is 5.66. The second-order valence-electron chi connectivity index (χ2n) is 9.74. The van der Waals surface area contributed by atoms with Gasteiger partial charge in [-0.25, -0.2) is 0 Å². The maximum absolute atomic E-state index is 11.4. The van der Waals surface area contributed by atoms with Crippen LogP contribution in [-0.2, 0) is 52.2 Å². The van der Waals surface area contributed by atoms with E-state index in [1.807, 2.05) is 27.7 Å². The lowest BCUT2D eigenvalue weighted by molar-refractivity contribution is -0.235. The van der Waals surface area contributed by atoms with E-state index in [9.17, 15) is 9.59 Å². The van der Waals surface area contributed by atoms with Crippen LogP contribution in [0.25, 0.3) is 0 Å². The van der Waals surface area contributed by atoms with E-state index in [1.54, 1.807) is 12.2 Å². The summed E-state index contributed by atoms with van der Waals surface area (Å²) >= 11 is 0. The van der Waals surface area contributed by atoms with E-state index in [0.717, 1.165) is 0 Å². The highest BCUT2D eigenvalue weighted by atomic mass is 16.8. The van der Waals surface area contributed by atoms with Crippen LogP contribution in [0.2, 0.25) is 0 Å². The molecular formula is C23H34O11. The summed E-state index contributed by atoms with van der Waals surface area (Å²) in [6.45, 7) is 10.5. The van der Waals surface area contributed by atoms with Gasteiger partial charge in [0, 0.05) is 19.8 Å². The second kappa shape index (κ2) is 9.81. The van der Waals surface area contributed by atoms with Crippen molar-refractivity contribution in [2.24, 2.45) is 5.92 Å². The molecule has 0 bridgehead atoms. The van der Waals surface area contributed by atoms with Gasteiger partial charge in [-0.3, -0.25) is 9.59 Å². The molecule has 34 heavy (non-hydrogen) atoms. The zero-order valence-electron chi connectivity index (χ0n) is 20.4. The van der Waals surface area contributed by atoms with Gasteiger partial charge in [0.25, 0.3) is 0 Å². The Bertz CT molecular complexity index is 794. The first-order valence-corrected chi connectivity index (χ1v) is 11.5. The molecule has 0 amide bonds. The molecule has 4 aliphatic rings. The molecule has 0 N–H and O–H groups in total. The fourth-order valence-corrected chi connectivity index (χ4v) is 4.59. The topological polar surface area (TPSA) is 117 Å². The molecule has 11 heteroatoms. The minimum Gasteiger partial charge on any atom is -0.463 e. The van der Waals surface area contributed by atoms with Crippen LogP contribution in [0.3, 0.4) is 0 Å². The molecule has 0 saturated carbocycles. The van der Waals surface area contributed by atoms with Crippen molar-refractivity contribution in [1.82, 2.24) is 0 Å². The normalized spacial score (nSPS) is 40.2. The number of hydrogen-bond acceptors (Lipinski definition) is 11. The molecule has 11 nitrogen and oxygen atoms in total. The highest BCUT2D eigenvalue weighted by Gasteiger charge is 2.58. The highest BCUT2D eigenvalue weighted by Crippen LogP contribution is 2.44. The van der Waals surface area contributed by atoms with E-state index < -0.39 is 48.3 Å². The van der Waals surface area contributed by atoms with Crippen LogP contribution in [0, 0.1) is 5.92 Å². The Labute approximate surface area is 198 Å². The van der Waals surface area contributed by atoms with Crippen LogP contribution in [0.15, 0.2) is 12.2 Å². The number of carbonyl (C=O) groups is 2. The third kappa shape index (κ3) is 5.96. The van der Waals surface area contributed by atoms with Crippen molar-refractivity contribution in [3.63, 3.8) is 0 Å². The van der Waals surface area contributed by atoms with Crippen molar-refractivity contribution in [2.75, 3.05) is 19.8 Å². The monoisotopic (exact) mass is 486 g/mol. The molecule has 0 aromatic carbocycles. The first-order chi connectivity index (χ1) is 15.9. The standard InChI is InChI=1S/C23H34O11/c1-12(24)26-10-16-15(29-13(2)25)7-8-18(30-16)27-9-14-19(17-11-28-22(3,4)32-17)31-21-20(14)33-23(5,6)34-21/h7-8,14-21H,9-11H2,1-6H3/t14-,15-,16+,17+,18-,19-,20+,21+/m0/s1. The van der Waals surface area contributed by atoms with Crippen molar-refractivity contribution >= 4 is 11.9 Å². The third-order valence-electron chi connectivity index (χ3n) is 5.96. The first-order valence-electron chi connectivity index (χ1n) is 11.5. The summed E-state index contributed by atoms with van der Waals surface area (Å²) in [5.74, 6) is -2.63. The van der Waals surface area contributed by atoms with Gasteiger partial charge >= 0.3 is 11.9 Å². The predicted molar refractivity (Wildman–Crippen MR) is 113 cm³/mol. The van der Waals surface area contributed by atoms with Crippen molar-refractivity contribution in [2.45, 2.75) is 96.2 Å². The van der Waals surface area contributed by atoms with Gasteiger partial charge in [-0.15, -0.1) is 0 Å². The van der Waals surface area contributed by atoms with Crippen LogP contribution < -0.4 is 0 Å². The molecule has 0 spiro atoms. The van der Waals surface area contributed by atoms with Gasteiger partial charge in [-0.2, -0.15) is 0 Å². The first kappa shape index (κ1) is 25.5. The fourth-order valence-electron chi connectivity index (χ4n) is 4.59. The summed E-state index contributed by atoms with van der Waals surface area (Å²) in [5.41, 5.74) is 0. The predicted octanol–water partition coefficient (Wildman–Crippen LogP) is 1.42. The number of ether oxygens (including phenoxy) is 9. The Balaban J connectivity index is 1.42. The van der Waals surface area contributed by atoms with Crippen LogP contribution in [-0.4, -0.2) is 86.4 Å². The average Bonchev–Trinajstić information content (AvgIpc) is 3.34. The molecule has 8 atom stereocenters. The number of rotatable bonds is 7. The minimum atomic E-state index is -0.779. The van der Waals surface area contributed by atoms with E-state index in [-0.39, 0.29) is 37.4 Å². The van der Waals surface area contributed by atoms with E-state index in [0.29, 0.717) is 6.61 Å². The molecule has 4 rings (SSSR count). The minimum absolute atomic E-state index is 0.0786. The SMILES string of the molecule is CC(=O)OC[C@H]1O[C@H](OC[C@@H]2[C@H]3OC(C)(C)O[C@H]3O[C@@H]2[C@H]2COC(C)(C)O2)C=C[C@@H]1OC(C)=O. The van der Waals surface area contributed by atoms with E-state index in [4.69, 9.17) is 42.6 Å². The Morgan fingerprint density at radius 3 is 2.32 bits per heavy atom. The summed E-state index contributed by atoms with van der Waals surface area (Å²) in [5, 5.41) is 0. The van der Waals surface area contributed by atoms with Gasteiger partial charge in [0.15, 0.2) is 24.2 Å². The lowest BCUT2D eigenvalue weighted by Gasteiger charge is -2.33. The van der Waals surface area contributed by atoms with Gasteiger partial charge < -0.3 is 42.6 Å². The molecule has 3 saturated heterocycles. The van der Waals surface area contributed by atoms with Crippen LogP contribution in [0.5, 0.6) is 0 Å². The number of esters is 2. The molecule has 0 aliphatic carbocycles. The van der Waals surface area contributed by atoms with Crippen LogP contribution >= 0.6 is 0 Å². The maximum Gasteiger partial charge on any atom is 0.303 e. The van der Waals surface area contributed by atoms with Gasteiger partial charge in [0.2, 0.25) is 0 Å². The average molecular weight is 487 g/mol. The Kier molecular flexibility index (Phi) is 7.35. The van der Waals surface area contributed by atoms with Gasteiger partial charge in [0.05, 0.1) is 19.3 Å². The van der Waals surface area contributed by atoms with Crippen molar-refractivity contribution in [3.8, 4) is 0 Å². The van der Waals surface area contributed by atoms with E-state index >= 15 is 0 Å². The largest absolute Gasteiger partial charge is 0.463 e. The summed E-state index contributed by atoms with van der Waals surface area (Å²) in [4.78, 5) is 22.7. The quantitative estimate of drug-likeness (QED) is 0.384.